The van der Waals surface area contributed by atoms with Crippen LogP contribution in [0.15, 0.2) is 0 Å². The Morgan fingerprint density at radius 3 is 2.59 bits per heavy atom. The Hall–Kier alpha value is -1.44. The van der Waals surface area contributed by atoms with Crippen LogP contribution >= 0.6 is 11.8 Å². The number of nitrogens with zero attached hydrogens (tertiary/aromatic N) is 1. The Morgan fingerprint density at radius 2 is 2.00 bits per heavy atom. The van der Waals surface area contributed by atoms with E-state index in [2.05, 4.69) is 5.32 Å². The predicted octanol–water partition coefficient (Wildman–Crippen LogP) is 1.37. The first-order valence-corrected chi connectivity index (χ1v) is 8.40. The van der Waals surface area contributed by atoms with Crippen LogP contribution in [0, 0.1) is 0 Å². The Balaban J connectivity index is 2.38. The molecule has 1 aliphatic heterocycles. The fourth-order valence-electron chi connectivity index (χ4n) is 1.85. The summed E-state index contributed by atoms with van der Waals surface area (Å²) in [7, 11) is 0. The standard InChI is InChI=1S/C14H24N2O5S/c1-5-20-12(18)10-8-22-9-16(10)11(17)6-7-15-13(19)21-14(2,3)4/h10H,5-9H2,1-4H3,(H,15,19). The van der Waals surface area contributed by atoms with Gasteiger partial charge in [0.2, 0.25) is 5.91 Å². The highest BCUT2D eigenvalue weighted by Gasteiger charge is 2.35. The number of alkyl carbamates (subject to hydrolysis) is 1. The third-order valence-corrected chi connectivity index (χ3v) is 3.78. The zero-order valence-corrected chi connectivity index (χ0v) is 14.3. The number of amides is 2. The maximum Gasteiger partial charge on any atom is 0.407 e. The monoisotopic (exact) mass is 332 g/mol. The van der Waals surface area contributed by atoms with E-state index in [0.29, 0.717) is 18.2 Å². The fraction of sp³-hybridized carbons (Fsp3) is 0.786. The van der Waals surface area contributed by atoms with Gasteiger partial charge in [-0.3, -0.25) is 4.79 Å². The minimum absolute atomic E-state index is 0.121. The summed E-state index contributed by atoms with van der Waals surface area (Å²) in [5, 5.41) is 2.53. The maximum absolute atomic E-state index is 12.1. The number of carbonyl (C=O) groups is 3. The number of hydrogen-bond acceptors (Lipinski definition) is 6. The van der Waals surface area contributed by atoms with Crippen LogP contribution < -0.4 is 5.32 Å². The van der Waals surface area contributed by atoms with Gasteiger partial charge in [0.15, 0.2) is 0 Å². The van der Waals surface area contributed by atoms with Gasteiger partial charge >= 0.3 is 12.1 Å². The van der Waals surface area contributed by atoms with Crippen molar-refractivity contribution in [2.24, 2.45) is 0 Å². The van der Waals surface area contributed by atoms with Gasteiger partial charge in [0, 0.05) is 18.7 Å². The molecular formula is C14H24N2O5S. The molecule has 1 unspecified atom stereocenters. The number of hydrogen-bond donors (Lipinski definition) is 1. The highest BCUT2D eigenvalue weighted by Crippen LogP contribution is 2.22. The molecule has 0 saturated carbocycles. The first-order valence-electron chi connectivity index (χ1n) is 7.25. The number of nitrogens with one attached hydrogen (secondary N) is 1. The van der Waals surface area contributed by atoms with Gasteiger partial charge in [-0.25, -0.2) is 9.59 Å². The minimum atomic E-state index is -0.575. The summed E-state index contributed by atoms with van der Waals surface area (Å²) in [6.07, 6.45) is -0.437. The summed E-state index contributed by atoms with van der Waals surface area (Å²) in [4.78, 5) is 36.9. The Bertz CT molecular complexity index is 422. The Labute approximate surface area is 135 Å². The molecule has 0 aromatic rings. The molecule has 0 aliphatic carbocycles. The van der Waals surface area contributed by atoms with Crippen molar-refractivity contribution < 1.29 is 23.9 Å². The van der Waals surface area contributed by atoms with E-state index in [1.165, 1.54) is 16.7 Å². The van der Waals surface area contributed by atoms with Crippen LogP contribution in [-0.4, -0.2) is 59.3 Å². The third kappa shape index (κ3) is 6.13. The summed E-state index contributed by atoms with van der Waals surface area (Å²) in [5.74, 6) is 0.457. The van der Waals surface area contributed by atoms with Gasteiger partial charge in [-0.15, -0.1) is 11.8 Å². The second-order valence-electron chi connectivity index (χ2n) is 5.81. The molecule has 126 valence electrons. The van der Waals surface area contributed by atoms with Crippen molar-refractivity contribution in [2.45, 2.75) is 45.8 Å². The molecule has 1 aliphatic rings. The van der Waals surface area contributed by atoms with E-state index in [9.17, 15) is 14.4 Å². The molecule has 1 saturated heterocycles. The molecule has 0 aromatic heterocycles. The summed E-state index contributed by atoms with van der Waals surface area (Å²) < 4.78 is 10.1. The number of thioether (sulfide) groups is 1. The summed E-state index contributed by atoms with van der Waals surface area (Å²) in [5.41, 5.74) is -0.575. The van der Waals surface area contributed by atoms with Crippen molar-refractivity contribution in [3.05, 3.63) is 0 Å². The Kier molecular flexibility index (Phi) is 6.99. The van der Waals surface area contributed by atoms with Crippen molar-refractivity contribution >= 4 is 29.7 Å². The molecule has 1 N–H and O–H groups in total. The summed E-state index contributed by atoms with van der Waals surface area (Å²) >= 11 is 1.51. The molecule has 7 nitrogen and oxygen atoms in total. The summed E-state index contributed by atoms with van der Waals surface area (Å²) in [6.45, 7) is 7.50. The second-order valence-corrected chi connectivity index (χ2v) is 6.81. The average molecular weight is 332 g/mol. The lowest BCUT2D eigenvalue weighted by molar-refractivity contribution is -0.152. The molecule has 1 heterocycles. The molecule has 0 aromatic carbocycles. The van der Waals surface area contributed by atoms with E-state index in [0.717, 1.165) is 0 Å². The topological polar surface area (TPSA) is 84.9 Å². The second kappa shape index (κ2) is 8.26. The molecule has 22 heavy (non-hydrogen) atoms. The quantitative estimate of drug-likeness (QED) is 0.765. The number of ether oxygens (including phenoxy) is 2. The molecule has 1 fully saturated rings. The lowest BCUT2D eigenvalue weighted by Crippen LogP contribution is -2.44. The number of esters is 1. The van der Waals surface area contributed by atoms with Crippen molar-refractivity contribution in [3.63, 3.8) is 0 Å². The first kappa shape index (κ1) is 18.6. The predicted molar refractivity (Wildman–Crippen MR) is 83.4 cm³/mol. The van der Waals surface area contributed by atoms with Gasteiger partial charge in [0.05, 0.1) is 12.5 Å². The lowest BCUT2D eigenvalue weighted by Gasteiger charge is -2.23. The maximum atomic E-state index is 12.1. The fourth-order valence-corrected chi connectivity index (χ4v) is 3.02. The molecule has 1 atom stereocenters. The van der Waals surface area contributed by atoms with E-state index in [1.807, 2.05) is 0 Å². The summed E-state index contributed by atoms with van der Waals surface area (Å²) in [6, 6.07) is -0.529. The average Bonchev–Trinajstić information content (AvgIpc) is 2.85. The third-order valence-electron chi connectivity index (χ3n) is 2.77. The van der Waals surface area contributed by atoms with E-state index >= 15 is 0 Å². The highest BCUT2D eigenvalue weighted by atomic mass is 32.2. The zero-order chi connectivity index (χ0) is 16.8. The lowest BCUT2D eigenvalue weighted by atomic mass is 10.2. The molecular weight excluding hydrogens is 308 g/mol. The van der Waals surface area contributed by atoms with E-state index < -0.39 is 17.7 Å². The minimum Gasteiger partial charge on any atom is -0.464 e. The Morgan fingerprint density at radius 1 is 1.32 bits per heavy atom. The normalized spacial score (nSPS) is 18.0. The molecule has 0 radical (unpaired) electrons. The van der Waals surface area contributed by atoms with E-state index in [4.69, 9.17) is 9.47 Å². The van der Waals surface area contributed by atoms with Crippen LogP contribution in [0.2, 0.25) is 0 Å². The molecule has 8 heteroatoms. The van der Waals surface area contributed by atoms with Crippen LogP contribution in [0.25, 0.3) is 0 Å². The number of rotatable bonds is 5. The van der Waals surface area contributed by atoms with Crippen molar-refractivity contribution in [2.75, 3.05) is 24.8 Å². The van der Waals surface area contributed by atoms with Crippen LogP contribution in [0.4, 0.5) is 4.79 Å². The van der Waals surface area contributed by atoms with Crippen LogP contribution in [-0.2, 0) is 19.1 Å². The van der Waals surface area contributed by atoms with Gasteiger partial charge in [-0.2, -0.15) is 0 Å². The molecule has 0 bridgehead atoms. The highest BCUT2D eigenvalue weighted by molar-refractivity contribution is 7.99. The largest absolute Gasteiger partial charge is 0.464 e. The van der Waals surface area contributed by atoms with Gasteiger partial charge in [0.25, 0.3) is 0 Å². The zero-order valence-electron chi connectivity index (χ0n) is 13.5. The van der Waals surface area contributed by atoms with Crippen LogP contribution in [0.5, 0.6) is 0 Å². The van der Waals surface area contributed by atoms with Gasteiger partial charge < -0.3 is 19.7 Å². The molecule has 2 amide bonds. The SMILES string of the molecule is CCOC(=O)C1CSCN1C(=O)CCNC(=O)OC(C)(C)C. The van der Waals surface area contributed by atoms with Crippen molar-refractivity contribution in [1.29, 1.82) is 0 Å². The van der Waals surface area contributed by atoms with E-state index in [1.54, 1.807) is 27.7 Å². The van der Waals surface area contributed by atoms with Crippen molar-refractivity contribution in [3.8, 4) is 0 Å². The molecule has 0 spiro atoms. The molecule has 1 rings (SSSR count). The van der Waals surface area contributed by atoms with Gasteiger partial charge in [-0.1, -0.05) is 0 Å². The van der Waals surface area contributed by atoms with Crippen LogP contribution in [0.3, 0.4) is 0 Å². The van der Waals surface area contributed by atoms with E-state index in [-0.39, 0.29) is 24.8 Å². The van der Waals surface area contributed by atoms with Gasteiger partial charge in [0.1, 0.15) is 11.6 Å². The smallest absolute Gasteiger partial charge is 0.407 e. The van der Waals surface area contributed by atoms with Crippen LogP contribution in [0.1, 0.15) is 34.1 Å². The van der Waals surface area contributed by atoms with Gasteiger partial charge in [-0.05, 0) is 27.7 Å². The first-order chi connectivity index (χ1) is 10.2. The van der Waals surface area contributed by atoms with Crippen molar-refractivity contribution in [1.82, 2.24) is 10.2 Å². The number of carbonyl (C=O) groups excluding carboxylic acids is 3.